The number of benzene rings is 3. The molecule has 0 aliphatic carbocycles. The second-order valence-corrected chi connectivity index (χ2v) is 7.55. The molecule has 0 saturated heterocycles. The van der Waals surface area contributed by atoms with Crippen LogP contribution in [0.4, 0.5) is 5.69 Å². The smallest absolute Gasteiger partial charge is 0.337 e. The van der Waals surface area contributed by atoms with Crippen LogP contribution in [-0.4, -0.2) is 42.9 Å². The lowest BCUT2D eigenvalue weighted by atomic mass is 10.0. The number of ketones is 1. The van der Waals surface area contributed by atoms with Crippen molar-refractivity contribution in [3.8, 4) is 11.4 Å². The summed E-state index contributed by atoms with van der Waals surface area (Å²) in [6.45, 7) is 0. The summed E-state index contributed by atoms with van der Waals surface area (Å²) in [6, 6.07) is 20.5. The Kier molecular flexibility index (Phi) is 5.54. The van der Waals surface area contributed by atoms with Gasteiger partial charge in [-0.2, -0.15) is 0 Å². The number of carbonyl (C=O) groups is 2. The number of esters is 1. The van der Waals surface area contributed by atoms with E-state index >= 15 is 0 Å². The number of fused-ring (bicyclic) bond motifs is 1. The summed E-state index contributed by atoms with van der Waals surface area (Å²) >= 11 is 0. The van der Waals surface area contributed by atoms with Crippen molar-refractivity contribution in [2.75, 3.05) is 26.1 Å². The molecular formula is C25H23N3O3. The van der Waals surface area contributed by atoms with Gasteiger partial charge in [-0.05, 0) is 54.1 Å². The quantitative estimate of drug-likeness (QED) is 0.372. The lowest BCUT2D eigenvalue weighted by Gasteiger charge is -2.11. The molecule has 4 rings (SSSR count). The van der Waals surface area contributed by atoms with Gasteiger partial charge in [0, 0.05) is 37.3 Å². The van der Waals surface area contributed by atoms with E-state index in [0.29, 0.717) is 11.1 Å². The minimum Gasteiger partial charge on any atom is -0.465 e. The van der Waals surface area contributed by atoms with Crippen molar-refractivity contribution in [2.45, 2.75) is 6.42 Å². The summed E-state index contributed by atoms with van der Waals surface area (Å²) in [5.41, 5.74) is 5.74. The fourth-order valence-electron chi connectivity index (χ4n) is 3.42. The van der Waals surface area contributed by atoms with Crippen LogP contribution in [0, 0.1) is 0 Å². The van der Waals surface area contributed by atoms with Gasteiger partial charge in [-0.1, -0.05) is 18.2 Å². The highest BCUT2D eigenvalue weighted by atomic mass is 16.5. The summed E-state index contributed by atoms with van der Waals surface area (Å²) in [5, 5.41) is 0. The fraction of sp³-hybridized carbons (Fsp3) is 0.160. The summed E-state index contributed by atoms with van der Waals surface area (Å²) in [4.78, 5) is 34.3. The SMILES string of the molecule is COC(=O)c1ccc(C(=O)Cc2ccc3nc(-c4ccc(N(C)C)cc4)[nH]c3c2)cc1. The Balaban J connectivity index is 1.52. The number of anilines is 1. The number of ether oxygens (including phenoxy) is 1. The van der Waals surface area contributed by atoms with Crippen molar-refractivity contribution in [2.24, 2.45) is 0 Å². The number of hydrogen-bond acceptors (Lipinski definition) is 5. The first-order valence-corrected chi connectivity index (χ1v) is 9.92. The van der Waals surface area contributed by atoms with E-state index in [2.05, 4.69) is 31.7 Å². The van der Waals surface area contributed by atoms with Crippen molar-refractivity contribution in [3.05, 3.63) is 83.4 Å². The van der Waals surface area contributed by atoms with E-state index < -0.39 is 5.97 Å². The minimum absolute atomic E-state index is 0.0187. The van der Waals surface area contributed by atoms with E-state index in [1.165, 1.54) is 7.11 Å². The molecule has 0 amide bonds. The average Bonchev–Trinajstić information content (AvgIpc) is 3.22. The molecule has 0 radical (unpaired) electrons. The first kappa shape index (κ1) is 20.3. The van der Waals surface area contributed by atoms with Crippen molar-refractivity contribution in [1.29, 1.82) is 0 Å². The third-order valence-electron chi connectivity index (χ3n) is 5.20. The molecule has 1 aromatic heterocycles. The molecule has 1 N–H and O–H groups in total. The number of hydrogen-bond donors (Lipinski definition) is 1. The third kappa shape index (κ3) is 4.33. The standard InChI is InChI=1S/C25H23N3O3/c1-28(2)20-11-9-18(10-12-20)24-26-21-13-4-16(14-22(21)27-24)15-23(29)17-5-7-19(8-6-17)25(30)31-3/h4-14H,15H2,1-3H3,(H,26,27). The largest absolute Gasteiger partial charge is 0.465 e. The number of carbonyl (C=O) groups excluding carboxylic acids is 2. The second kappa shape index (κ2) is 8.44. The van der Waals surface area contributed by atoms with Gasteiger partial charge in [-0.25, -0.2) is 9.78 Å². The topological polar surface area (TPSA) is 75.3 Å². The van der Waals surface area contributed by atoms with Crippen molar-refractivity contribution < 1.29 is 14.3 Å². The van der Waals surface area contributed by atoms with Crippen LogP contribution in [0.2, 0.25) is 0 Å². The molecule has 0 bridgehead atoms. The molecule has 0 spiro atoms. The molecule has 0 fully saturated rings. The number of methoxy groups -OCH3 is 1. The van der Waals surface area contributed by atoms with Gasteiger partial charge in [0.05, 0.1) is 23.7 Å². The second-order valence-electron chi connectivity index (χ2n) is 7.55. The fourth-order valence-corrected chi connectivity index (χ4v) is 3.42. The van der Waals surface area contributed by atoms with E-state index in [4.69, 9.17) is 0 Å². The Labute approximate surface area is 180 Å². The molecule has 6 nitrogen and oxygen atoms in total. The zero-order valence-corrected chi connectivity index (χ0v) is 17.7. The number of H-pyrrole nitrogens is 1. The van der Waals surface area contributed by atoms with Gasteiger partial charge >= 0.3 is 5.97 Å². The molecule has 0 atom stereocenters. The summed E-state index contributed by atoms with van der Waals surface area (Å²) in [5.74, 6) is 0.354. The van der Waals surface area contributed by atoms with Crippen molar-refractivity contribution >= 4 is 28.5 Å². The molecule has 0 saturated carbocycles. The van der Waals surface area contributed by atoms with E-state index in [0.717, 1.165) is 33.7 Å². The number of aromatic nitrogens is 2. The normalized spacial score (nSPS) is 10.8. The number of nitrogens with zero attached hydrogens (tertiary/aromatic N) is 2. The van der Waals surface area contributed by atoms with Crippen LogP contribution >= 0.6 is 0 Å². The molecule has 0 aliphatic heterocycles. The van der Waals surface area contributed by atoms with Crippen LogP contribution in [0.25, 0.3) is 22.4 Å². The zero-order valence-electron chi connectivity index (χ0n) is 17.7. The number of aromatic amines is 1. The molecule has 1 heterocycles. The minimum atomic E-state index is -0.421. The maximum absolute atomic E-state index is 12.7. The van der Waals surface area contributed by atoms with E-state index in [-0.39, 0.29) is 12.2 Å². The van der Waals surface area contributed by atoms with Gasteiger partial charge in [-0.3, -0.25) is 4.79 Å². The first-order chi connectivity index (χ1) is 14.9. The highest BCUT2D eigenvalue weighted by molar-refractivity contribution is 5.99. The maximum atomic E-state index is 12.7. The lowest BCUT2D eigenvalue weighted by Crippen LogP contribution is -2.07. The monoisotopic (exact) mass is 413 g/mol. The van der Waals surface area contributed by atoms with Gasteiger partial charge < -0.3 is 14.6 Å². The average molecular weight is 413 g/mol. The van der Waals surface area contributed by atoms with Crippen LogP contribution in [0.1, 0.15) is 26.3 Å². The van der Waals surface area contributed by atoms with E-state index in [1.54, 1.807) is 24.3 Å². The molecule has 0 unspecified atom stereocenters. The van der Waals surface area contributed by atoms with Crippen molar-refractivity contribution in [1.82, 2.24) is 9.97 Å². The number of imidazole rings is 1. The Hall–Kier alpha value is -3.93. The van der Waals surface area contributed by atoms with Gasteiger partial charge in [0.15, 0.2) is 5.78 Å². The third-order valence-corrected chi connectivity index (χ3v) is 5.20. The summed E-state index contributed by atoms with van der Waals surface area (Å²) in [6.07, 6.45) is 0.263. The highest BCUT2D eigenvalue weighted by Crippen LogP contribution is 2.24. The molecule has 3 aromatic carbocycles. The predicted molar refractivity (Wildman–Crippen MR) is 122 cm³/mol. The van der Waals surface area contributed by atoms with Crippen molar-refractivity contribution in [3.63, 3.8) is 0 Å². The molecular weight excluding hydrogens is 390 g/mol. The lowest BCUT2D eigenvalue weighted by molar-refractivity contribution is 0.0600. The Morgan fingerprint density at radius 2 is 1.61 bits per heavy atom. The van der Waals surface area contributed by atoms with Crippen LogP contribution in [0.3, 0.4) is 0 Å². The highest BCUT2D eigenvalue weighted by Gasteiger charge is 2.12. The van der Waals surface area contributed by atoms with Gasteiger partial charge in [0.2, 0.25) is 0 Å². The zero-order chi connectivity index (χ0) is 22.0. The molecule has 4 aromatic rings. The summed E-state index contributed by atoms with van der Waals surface area (Å²) < 4.78 is 4.69. The molecule has 31 heavy (non-hydrogen) atoms. The molecule has 6 heteroatoms. The molecule has 156 valence electrons. The van der Waals surface area contributed by atoms with E-state index in [9.17, 15) is 9.59 Å². The number of rotatable bonds is 6. The van der Waals surface area contributed by atoms with Crippen LogP contribution in [0.5, 0.6) is 0 Å². The number of Topliss-reactive ketones (excluding diaryl/α,β-unsaturated/α-hetero) is 1. The van der Waals surface area contributed by atoms with Gasteiger partial charge in [-0.15, -0.1) is 0 Å². The Morgan fingerprint density at radius 3 is 2.26 bits per heavy atom. The maximum Gasteiger partial charge on any atom is 0.337 e. The first-order valence-electron chi connectivity index (χ1n) is 9.92. The predicted octanol–water partition coefficient (Wildman–Crippen LogP) is 4.51. The van der Waals surface area contributed by atoms with Crippen LogP contribution in [-0.2, 0) is 11.2 Å². The Morgan fingerprint density at radius 1 is 0.935 bits per heavy atom. The van der Waals surface area contributed by atoms with Crippen LogP contribution < -0.4 is 4.90 Å². The van der Waals surface area contributed by atoms with Crippen LogP contribution in [0.15, 0.2) is 66.7 Å². The van der Waals surface area contributed by atoms with Gasteiger partial charge in [0.25, 0.3) is 0 Å². The molecule has 0 aliphatic rings. The summed E-state index contributed by atoms with van der Waals surface area (Å²) in [7, 11) is 5.34. The van der Waals surface area contributed by atoms with E-state index in [1.807, 2.05) is 44.4 Å². The van der Waals surface area contributed by atoms with Gasteiger partial charge in [0.1, 0.15) is 5.82 Å². The Bertz CT molecular complexity index is 1240. The number of nitrogens with one attached hydrogen (secondary N) is 1.